The van der Waals surface area contributed by atoms with Crippen molar-refractivity contribution in [1.82, 2.24) is 0 Å². The minimum absolute atomic E-state index is 0.0269. The van der Waals surface area contributed by atoms with Crippen molar-refractivity contribution in [2.75, 3.05) is 10.8 Å². The molecule has 1 aliphatic rings. The summed E-state index contributed by atoms with van der Waals surface area (Å²) in [6, 6.07) is 9.23. The second-order valence-corrected chi connectivity index (χ2v) is 11.8. The molecule has 0 bridgehead atoms. The van der Waals surface area contributed by atoms with Gasteiger partial charge in [-0.2, -0.15) is 13.2 Å². The number of sulfonamides is 1. The minimum atomic E-state index is -4.97. The third-order valence-corrected chi connectivity index (χ3v) is 8.47. The summed E-state index contributed by atoms with van der Waals surface area (Å²) in [6.07, 6.45) is -8.38. The van der Waals surface area contributed by atoms with Crippen LogP contribution in [0.3, 0.4) is 0 Å². The summed E-state index contributed by atoms with van der Waals surface area (Å²) in [5.74, 6) is -1.77. The Morgan fingerprint density at radius 2 is 1.70 bits per heavy atom. The molecule has 1 heterocycles. The van der Waals surface area contributed by atoms with Gasteiger partial charge in [0.25, 0.3) is 10.0 Å². The zero-order chi connectivity index (χ0) is 31.7. The molecule has 0 saturated carbocycles. The number of aliphatic carboxylic acids is 1. The molecule has 0 amide bonds. The van der Waals surface area contributed by atoms with Crippen molar-refractivity contribution < 1.29 is 54.1 Å². The molecular formula is C27H19Cl2F6NO6S. The summed E-state index contributed by atoms with van der Waals surface area (Å²) < 4.78 is 115. The predicted octanol–water partition coefficient (Wildman–Crippen LogP) is 7.90. The minimum Gasteiger partial charge on any atom is -0.486 e. The first kappa shape index (κ1) is 32.3. The van der Waals surface area contributed by atoms with Crippen LogP contribution < -0.4 is 13.8 Å². The molecule has 1 N–H and O–H groups in total. The third-order valence-electron chi connectivity index (χ3n) is 6.07. The number of carbonyl (C=O) groups is 1. The van der Waals surface area contributed by atoms with E-state index in [4.69, 9.17) is 33.0 Å². The van der Waals surface area contributed by atoms with Gasteiger partial charge in [0.2, 0.25) is 0 Å². The van der Waals surface area contributed by atoms with Gasteiger partial charge in [0.1, 0.15) is 17.6 Å². The number of hydrogen-bond acceptors (Lipinski definition) is 5. The standard InChI is InChI=1S/C27H19Cl2F6NO6S/c28-21-12-18(42-27(33,34)35)13-22(29)20(21)7-4-15-5-8-24-23(10-15)36(14-17(41-24)6-9-25(37)38)43(39,40)19-3-1-2-16(11-19)26(30,31)32/h1-5,7-8,10-13,17H,6,9,14H2,(H,37,38)/b7-4+/t17-/m0/s1. The number of hydrogen-bond donors (Lipinski definition) is 1. The van der Waals surface area contributed by atoms with Crippen molar-refractivity contribution in [3.8, 4) is 11.5 Å². The zero-order valence-corrected chi connectivity index (χ0v) is 23.7. The second-order valence-electron chi connectivity index (χ2n) is 9.14. The topological polar surface area (TPSA) is 93.1 Å². The number of ether oxygens (including phenoxy) is 2. The molecule has 0 unspecified atom stereocenters. The van der Waals surface area contributed by atoms with Crippen molar-refractivity contribution in [3.63, 3.8) is 0 Å². The first-order valence-corrected chi connectivity index (χ1v) is 14.3. The smallest absolute Gasteiger partial charge is 0.486 e. The number of anilines is 1. The monoisotopic (exact) mass is 669 g/mol. The van der Waals surface area contributed by atoms with E-state index in [9.17, 15) is 39.6 Å². The molecular weight excluding hydrogens is 651 g/mol. The van der Waals surface area contributed by atoms with Crippen LogP contribution in [0.4, 0.5) is 32.0 Å². The molecule has 3 aromatic carbocycles. The van der Waals surface area contributed by atoms with Gasteiger partial charge in [0, 0.05) is 12.0 Å². The van der Waals surface area contributed by atoms with E-state index in [1.165, 1.54) is 30.4 Å². The molecule has 3 aromatic rings. The number of rotatable bonds is 8. The van der Waals surface area contributed by atoms with Gasteiger partial charge >= 0.3 is 18.5 Å². The van der Waals surface area contributed by atoms with Crippen LogP contribution in [0, 0.1) is 0 Å². The molecule has 0 fully saturated rings. The number of fused-ring (bicyclic) bond motifs is 1. The molecule has 4 rings (SSSR count). The van der Waals surface area contributed by atoms with Gasteiger partial charge in [-0.15, -0.1) is 13.2 Å². The predicted molar refractivity (Wildman–Crippen MR) is 146 cm³/mol. The van der Waals surface area contributed by atoms with E-state index in [0.29, 0.717) is 11.6 Å². The molecule has 0 aliphatic carbocycles. The Labute approximate surface area is 250 Å². The van der Waals surface area contributed by atoms with Crippen LogP contribution >= 0.6 is 23.2 Å². The lowest BCUT2D eigenvalue weighted by Crippen LogP contribution is -2.43. The van der Waals surface area contributed by atoms with E-state index in [2.05, 4.69) is 4.74 Å². The number of benzene rings is 3. The molecule has 1 aliphatic heterocycles. The van der Waals surface area contributed by atoms with Gasteiger partial charge in [-0.25, -0.2) is 8.42 Å². The highest BCUT2D eigenvalue weighted by molar-refractivity contribution is 7.92. The lowest BCUT2D eigenvalue weighted by atomic mass is 10.1. The van der Waals surface area contributed by atoms with Crippen LogP contribution in [0.15, 0.2) is 59.5 Å². The molecule has 0 radical (unpaired) electrons. The van der Waals surface area contributed by atoms with Gasteiger partial charge in [-0.3, -0.25) is 9.10 Å². The molecule has 16 heteroatoms. The number of carboxylic acid groups (broad SMARTS) is 1. The van der Waals surface area contributed by atoms with Crippen LogP contribution in [0.25, 0.3) is 12.2 Å². The first-order chi connectivity index (χ1) is 19.9. The summed E-state index contributed by atoms with van der Waals surface area (Å²) in [5.41, 5.74) is -0.772. The van der Waals surface area contributed by atoms with Crippen LogP contribution in [0.5, 0.6) is 11.5 Å². The second kappa shape index (κ2) is 12.2. The fourth-order valence-electron chi connectivity index (χ4n) is 4.15. The Bertz CT molecular complexity index is 1650. The molecule has 0 saturated heterocycles. The molecule has 0 aromatic heterocycles. The van der Waals surface area contributed by atoms with Crippen molar-refractivity contribution >= 4 is 57.0 Å². The maximum Gasteiger partial charge on any atom is 0.573 e. The maximum atomic E-state index is 13.7. The van der Waals surface area contributed by atoms with Crippen LogP contribution in [-0.4, -0.2) is 38.5 Å². The van der Waals surface area contributed by atoms with E-state index in [0.717, 1.165) is 34.6 Å². The number of carboxylic acids is 1. The molecule has 1 atom stereocenters. The number of halogens is 8. The van der Waals surface area contributed by atoms with Gasteiger partial charge in [-0.05, 0) is 54.4 Å². The van der Waals surface area contributed by atoms with E-state index >= 15 is 0 Å². The first-order valence-electron chi connectivity index (χ1n) is 12.1. The lowest BCUT2D eigenvalue weighted by Gasteiger charge is -2.35. The molecule has 7 nitrogen and oxygen atoms in total. The SMILES string of the molecule is O=C(O)CC[C@H]1CN(S(=O)(=O)c2cccc(C(F)(F)F)c2)c2cc(/C=C/c3c(Cl)cc(OC(F)(F)F)cc3Cl)ccc2O1. The lowest BCUT2D eigenvalue weighted by molar-refractivity contribution is -0.274. The summed E-state index contributed by atoms with van der Waals surface area (Å²) in [5, 5.41) is 8.70. The Morgan fingerprint density at radius 1 is 1.02 bits per heavy atom. The number of alkyl halides is 6. The molecule has 43 heavy (non-hydrogen) atoms. The van der Waals surface area contributed by atoms with Crippen LogP contribution in [0.1, 0.15) is 29.5 Å². The van der Waals surface area contributed by atoms with Crippen molar-refractivity contribution in [1.29, 1.82) is 0 Å². The van der Waals surface area contributed by atoms with Crippen molar-refractivity contribution in [3.05, 3.63) is 81.3 Å². The summed E-state index contributed by atoms with van der Waals surface area (Å²) >= 11 is 12.2. The highest BCUT2D eigenvalue weighted by Crippen LogP contribution is 2.40. The fourth-order valence-corrected chi connectivity index (χ4v) is 6.29. The summed E-state index contributed by atoms with van der Waals surface area (Å²) in [4.78, 5) is 10.5. The highest BCUT2D eigenvalue weighted by atomic mass is 35.5. The fraction of sp³-hybridized carbons (Fsp3) is 0.222. The van der Waals surface area contributed by atoms with Gasteiger partial charge in [0.15, 0.2) is 0 Å². The average Bonchev–Trinajstić information content (AvgIpc) is 2.89. The highest BCUT2D eigenvalue weighted by Gasteiger charge is 2.37. The van der Waals surface area contributed by atoms with Crippen molar-refractivity contribution in [2.45, 2.75) is 36.4 Å². The number of nitrogens with zero attached hydrogens (tertiary/aromatic N) is 1. The van der Waals surface area contributed by atoms with E-state index in [-0.39, 0.29) is 39.9 Å². The van der Waals surface area contributed by atoms with Gasteiger partial charge in [-0.1, -0.05) is 47.5 Å². The normalized spacial score (nSPS) is 15.7. The average molecular weight is 670 g/mol. The Balaban J connectivity index is 1.73. The summed E-state index contributed by atoms with van der Waals surface area (Å²) in [6.45, 7) is -0.398. The zero-order valence-electron chi connectivity index (χ0n) is 21.4. The van der Waals surface area contributed by atoms with E-state index in [1.54, 1.807) is 0 Å². The van der Waals surface area contributed by atoms with Gasteiger partial charge < -0.3 is 14.6 Å². The summed E-state index contributed by atoms with van der Waals surface area (Å²) in [7, 11) is -4.61. The maximum absolute atomic E-state index is 13.7. The Kier molecular flexibility index (Phi) is 9.14. The Hall–Kier alpha value is -3.62. The molecule has 0 spiro atoms. The third kappa shape index (κ3) is 7.86. The van der Waals surface area contributed by atoms with E-state index < -0.39 is 57.4 Å². The van der Waals surface area contributed by atoms with Crippen LogP contribution in [0.2, 0.25) is 10.0 Å². The Morgan fingerprint density at radius 3 is 2.30 bits per heavy atom. The van der Waals surface area contributed by atoms with E-state index in [1.807, 2.05) is 0 Å². The quantitative estimate of drug-likeness (QED) is 0.194. The molecule has 230 valence electrons. The van der Waals surface area contributed by atoms with Crippen LogP contribution in [-0.2, 0) is 21.0 Å². The van der Waals surface area contributed by atoms with Crippen molar-refractivity contribution in [2.24, 2.45) is 0 Å². The largest absolute Gasteiger partial charge is 0.573 e. The van der Waals surface area contributed by atoms with Gasteiger partial charge in [0.05, 0.1) is 32.7 Å².